The molecule has 0 aliphatic carbocycles. The molecule has 7 heteroatoms. The number of benzene rings is 1. The first-order valence-electron chi connectivity index (χ1n) is 5.32. The number of rotatable bonds is 2. The topological polar surface area (TPSA) is 46.5 Å². The third-order valence-electron chi connectivity index (χ3n) is 2.75. The molecule has 1 aromatic carbocycles. The molecular weight excluding hydrogens is 292 g/mol. The number of nitrogens with zero attached hydrogens (tertiary/aromatic N) is 1. The molecule has 0 fully saturated rings. The Balaban J connectivity index is 2.60. The molecule has 0 saturated carbocycles. The van der Waals surface area contributed by atoms with Crippen molar-refractivity contribution in [3.05, 3.63) is 45.7 Å². The molecule has 102 valence electrons. The third-order valence-corrected chi connectivity index (χ3v) is 5.36. The van der Waals surface area contributed by atoms with Crippen LogP contribution in [0.5, 0.6) is 0 Å². The summed E-state index contributed by atoms with van der Waals surface area (Å²) in [6.45, 7) is 1.53. The zero-order chi connectivity index (χ0) is 14.3. The van der Waals surface area contributed by atoms with E-state index in [4.69, 9.17) is 0 Å². The third kappa shape index (κ3) is 2.71. The lowest BCUT2D eigenvalue weighted by Crippen LogP contribution is -2.22. The van der Waals surface area contributed by atoms with Gasteiger partial charge in [-0.1, -0.05) is 23.9 Å². The highest BCUT2D eigenvalue weighted by atomic mass is 32.3. The van der Waals surface area contributed by atoms with Gasteiger partial charge in [0.2, 0.25) is 0 Å². The molecule has 1 aromatic rings. The standard InChI is InChI=1S/C12H11F2NO2S2/c1-12(8-4-3-5-9(13)11(8)14)6-10(18-7-15-12)19(2,16)17/h3-7H,1-2H3/t12-/m0/s1. The van der Waals surface area contributed by atoms with Crippen molar-refractivity contribution >= 4 is 27.1 Å². The predicted octanol–water partition coefficient (Wildman–Crippen LogP) is 2.84. The van der Waals surface area contributed by atoms with Gasteiger partial charge in [0, 0.05) is 11.8 Å². The molecule has 3 nitrogen and oxygen atoms in total. The molecule has 0 amide bonds. The van der Waals surface area contributed by atoms with E-state index in [0.29, 0.717) is 0 Å². The van der Waals surface area contributed by atoms with Crippen LogP contribution in [0, 0.1) is 11.6 Å². The van der Waals surface area contributed by atoms with Gasteiger partial charge < -0.3 is 0 Å². The highest BCUT2D eigenvalue weighted by Gasteiger charge is 2.32. The van der Waals surface area contributed by atoms with Crippen molar-refractivity contribution in [2.24, 2.45) is 4.99 Å². The normalized spacial score (nSPS) is 23.3. The fraction of sp³-hybridized carbons (Fsp3) is 0.250. The van der Waals surface area contributed by atoms with E-state index in [0.717, 1.165) is 24.1 Å². The highest BCUT2D eigenvalue weighted by molar-refractivity contribution is 8.26. The predicted molar refractivity (Wildman–Crippen MR) is 72.7 cm³/mol. The molecule has 0 spiro atoms. The Kier molecular flexibility index (Phi) is 3.53. The van der Waals surface area contributed by atoms with Gasteiger partial charge >= 0.3 is 0 Å². The maximum Gasteiger partial charge on any atom is 0.181 e. The quantitative estimate of drug-likeness (QED) is 0.844. The molecule has 2 rings (SSSR count). The van der Waals surface area contributed by atoms with Crippen molar-refractivity contribution in [2.45, 2.75) is 12.5 Å². The van der Waals surface area contributed by atoms with E-state index < -0.39 is 27.0 Å². The van der Waals surface area contributed by atoms with E-state index >= 15 is 0 Å². The molecule has 1 heterocycles. The van der Waals surface area contributed by atoms with Crippen molar-refractivity contribution < 1.29 is 17.2 Å². The molecule has 1 aliphatic rings. The molecule has 1 atom stereocenters. The van der Waals surface area contributed by atoms with E-state index in [9.17, 15) is 17.2 Å². The van der Waals surface area contributed by atoms with Crippen molar-refractivity contribution in [3.8, 4) is 0 Å². The number of hydrogen-bond acceptors (Lipinski definition) is 4. The lowest BCUT2D eigenvalue weighted by molar-refractivity contribution is 0.474. The van der Waals surface area contributed by atoms with Crippen LogP contribution in [0.25, 0.3) is 0 Å². The average Bonchev–Trinajstić information content (AvgIpc) is 2.31. The van der Waals surface area contributed by atoms with E-state index in [-0.39, 0.29) is 9.80 Å². The maximum atomic E-state index is 13.8. The van der Waals surface area contributed by atoms with Crippen LogP contribution in [0.3, 0.4) is 0 Å². The monoisotopic (exact) mass is 303 g/mol. The highest BCUT2D eigenvalue weighted by Crippen LogP contribution is 2.37. The van der Waals surface area contributed by atoms with Gasteiger partial charge in [0.1, 0.15) is 9.78 Å². The number of halogens is 2. The van der Waals surface area contributed by atoms with E-state index in [2.05, 4.69) is 4.99 Å². The van der Waals surface area contributed by atoms with Crippen LogP contribution in [0.2, 0.25) is 0 Å². The second-order valence-electron chi connectivity index (χ2n) is 4.34. The van der Waals surface area contributed by atoms with Gasteiger partial charge in [-0.2, -0.15) is 0 Å². The average molecular weight is 303 g/mol. The summed E-state index contributed by atoms with van der Waals surface area (Å²) in [6, 6.07) is 3.76. The molecule has 0 saturated heterocycles. The summed E-state index contributed by atoms with van der Waals surface area (Å²) < 4.78 is 50.2. The first-order valence-corrected chi connectivity index (χ1v) is 8.09. The van der Waals surface area contributed by atoms with E-state index in [1.54, 1.807) is 0 Å². The Hall–Kier alpha value is -1.21. The minimum Gasteiger partial charge on any atom is -0.270 e. The van der Waals surface area contributed by atoms with Crippen LogP contribution >= 0.6 is 11.8 Å². The maximum absolute atomic E-state index is 13.8. The molecule has 0 bridgehead atoms. The summed E-state index contributed by atoms with van der Waals surface area (Å²) in [5.74, 6) is -2.00. The van der Waals surface area contributed by atoms with Crippen molar-refractivity contribution in [2.75, 3.05) is 6.26 Å². The SMILES string of the molecule is C[C@@]1(c2cccc(F)c2F)C=C(S(C)(=O)=O)SC=N1. The summed E-state index contributed by atoms with van der Waals surface area (Å²) in [6.07, 6.45) is 2.40. The number of aliphatic imine (C=N–C) groups is 1. The second-order valence-corrected chi connectivity index (χ2v) is 7.47. The van der Waals surface area contributed by atoms with Crippen molar-refractivity contribution in [1.82, 2.24) is 0 Å². The zero-order valence-electron chi connectivity index (χ0n) is 10.2. The van der Waals surface area contributed by atoms with E-state index in [1.807, 2.05) is 0 Å². The fourth-order valence-corrected chi connectivity index (χ4v) is 3.67. The molecule has 19 heavy (non-hydrogen) atoms. The van der Waals surface area contributed by atoms with Gasteiger partial charge in [0.25, 0.3) is 0 Å². The molecule has 0 radical (unpaired) electrons. The second kappa shape index (κ2) is 4.72. The number of hydrogen-bond donors (Lipinski definition) is 0. The summed E-state index contributed by atoms with van der Waals surface area (Å²) >= 11 is 0.942. The van der Waals surface area contributed by atoms with Crippen LogP contribution in [-0.4, -0.2) is 20.2 Å². The summed E-state index contributed by atoms with van der Waals surface area (Å²) in [7, 11) is -3.41. The van der Waals surface area contributed by atoms with Crippen LogP contribution < -0.4 is 0 Å². The van der Waals surface area contributed by atoms with Gasteiger partial charge in [-0.3, -0.25) is 4.99 Å². The minimum absolute atomic E-state index is 0.00481. The first-order chi connectivity index (χ1) is 8.74. The molecule has 0 N–H and O–H groups in total. The molecule has 1 aliphatic heterocycles. The lowest BCUT2D eigenvalue weighted by Gasteiger charge is -2.26. The van der Waals surface area contributed by atoms with Gasteiger partial charge in [0.05, 0.1) is 5.55 Å². The Morgan fingerprint density at radius 2 is 2.00 bits per heavy atom. The Morgan fingerprint density at radius 1 is 1.32 bits per heavy atom. The van der Waals surface area contributed by atoms with Gasteiger partial charge in [-0.25, -0.2) is 17.2 Å². The van der Waals surface area contributed by atoms with Crippen LogP contribution in [-0.2, 0) is 15.4 Å². The van der Waals surface area contributed by atoms with E-state index in [1.165, 1.54) is 30.7 Å². The minimum atomic E-state index is -3.41. The summed E-state index contributed by atoms with van der Waals surface area (Å²) in [4.78, 5) is 4.09. The Morgan fingerprint density at radius 3 is 2.63 bits per heavy atom. The summed E-state index contributed by atoms with van der Waals surface area (Å²) in [5, 5.41) is 0. The number of sulfone groups is 1. The smallest absolute Gasteiger partial charge is 0.181 e. The molecular formula is C12H11F2NO2S2. The van der Waals surface area contributed by atoms with Crippen molar-refractivity contribution in [3.63, 3.8) is 0 Å². The summed E-state index contributed by atoms with van der Waals surface area (Å²) in [5.41, 5.74) is 0.113. The zero-order valence-corrected chi connectivity index (χ0v) is 11.9. The van der Waals surface area contributed by atoms with Gasteiger partial charge in [0.15, 0.2) is 21.5 Å². The van der Waals surface area contributed by atoms with Crippen LogP contribution in [0.15, 0.2) is 33.5 Å². The lowest BCUT2D eigenvalue weighted by atomic mass is 9.92. The fourth-order valence-electron chi connectivity index (χ4n) is 1.72. The molecule has 0 unspecified atom stereocenters. The Bertz CT molecular complexity index is 683. The van der Waals surface area contributed by atoms with Gasteiger partial charge in [-0.05, 0) is 19.1 Å². The van der Waals surface area contributed by atoms with Crippen LogP contribution in [0.4, 0.5) is 8.78 Å². The molecule has 0 aromatic heterocycles. The number of thioether (sulfide) groups is 1. The largest absolute Gasteiger partial charge is 0.270 e. The Labute approximate surface area is 114 Å². The first kappa shape index (κ1) is 14.2. The van der Waals surface area contributed by atoms with Gasteiger partial charge in [-0.15, -0.1) is 0 Å². The van der Waals surface area contributed by atoms with Crippen molar-refractivity contribution in [1.29, 1.82) is 0 Å². The van der Waals surface area contributed by atoms with Crippen LogP contribution in [0.1, 0.15) is 12.5 Å².